The average Bonchev–Trinajstić information content (AvgIpc) is 3.06. The highest BCUT2D eigenvalue weighted by atomic mass is 35.5. The number of benzene rings is 2. The summed E-state index contributed by atoms with van der Waals surface area (Å²) in [4.78, 5) is 17.3. The SMILES string of the molecule is CCNC(=O)C[C@@H]1N=C(c2ccc(C#N)cc2)c2cc(Cl)ccc2-c2c(C)noc21. The van der Waals surface area contributed by atoms with E-state index in [2.05, 4.69) is 16.5 Å². The monoisotopic (exact) mass is 418 g/mol. The third kappa shape index (κ3) is 3.60. The van der Waals surface area contributed by atoms with Gasteiger partial charge in [0.15, 0.2) is 5.76 Å². The van der Waals surface area contributed by atoms with Crippen LogP contribution in [0.4, 0.5) is 0 Å². The number of carbonyl (C=O) groups is 1. The van der Waals surface area contributed by atoms with E-state index in [4.69, 9.17) is 26.4 Å². The normalized spacial score (nSPS) is 14.7. The van der Waals surface area contributed by atoms with E-state index in [0.29, 0.717) is 28.6 Å². The lowest BCUT2D eigenvalue weighted by molar-refractivity contribution is -0.121. The maximum Gasteiger partial charge on any atom is 0.222 e. The van der Waals surface area contributed by atoms with Crippen molar-refractivity contribution in [3.63, 3.8) is 0 Å². The number of fused-ring (bicyclic) bond motifs is 3. The molecular formula is C23H19ClN4O2. The van der Waals surface area contributed by atoms with Gasteiger partial charge in [-0.15, -0.1) is 0 Å². The second-order valence-electron chi connectivity index (χ2n) is 7.04. The zero-order valence-corrected chi connectivity index (χ0v) is 17.3. The quantitative estimate of drug-likeness (QED) is 0.670. The Morgan fingerprint density at radius 1 is 1.23 bits per heavy atom. The standard InChI is InChI=1S/C23H19ClN4O2/c1-3-26-20(29)11-19-23-21(13(2)28-30-23)17-9-8-16(24)10-18(17)22(27-19)15-6-4-14(12-25)5-7-15/h4-10,19H,3,11H2,1-2H3,(H,26,29)/t19-/m0/s1. The molecule has 0 spiro atoms. The van der Waals surface area contributed by atoms with Gasteiger partial charge in [0.2, 0.25) is 5.91 Å². The van der Waals surface area contributed by atoms with Crippen LogP contribution in [0.2, 0.25) is 5.02 Å². The fraction of sp³-hybridized carbons (Fsp3) is 0.217. The van der Waals surface area contributed by atoms with Crippen LogP contribution in [0.15, 0.2) is 52.0 Å². The van der Waals surface area contributed by atoms with Gasteiger partial charge in [-0.05, 0) is 43.7 Å². The molecule has 6 nitrogen and oxygen atoms in total. The molecule has 0 unspecified atom stereocenters. The zero-order chi connectivity index (χ0) is 21.3. The molecule has 0 aliphatic carbocycles. The van der Waals surface area contributed by atoms with Crippen molar-refractivity contribution in [2.24, 2.45) is 4.99 Å². The number of aryl methyl sites for hydroxylation is 1. The van der Waals surface area contributed by atoms with Crippen LogP contribution < -0.4 is 5.32 Å². The summed E-state index contributed by atoms with van der Waals surface area (Å²) < 4.78 is 5.65. The van der Waals surface area contributed by atoms with Crippen LogP contribution >= 0.6 is 11.6 Å². The first kappa shape index (κ1) is 19.9. The Balaban J connectivity index is 1.94. The molecule has 1 N–H and O–H groups in total. The first-order chi connectivity index (χ1) is 14.5. The third-order valence-corrected chi connectivity index (χ3v) is 5.26. The van der Waals surface area contributed by atoms with Crippen LogP contribution in [-0.4, -0.2) is 23.3 Å². The summed E-state index contributed by atoms with van der Waals surface area (Å²) in [7, 11) is 0. The first-order valence-electron chi connectivity index (χ1n) is 9.63. The van der Waals surface area contributed by atoms with Gasteiger partial charge in [-0.1, -0.05) is 35.0 Å². The molecule has 1 aromatic heterocycles. The minimum Gasteiger partial charge on any atom is -0.358 e. The van der Waals surface area contributed by atoms with Crippen LogP contribution in [0.5, 0.6) is 0 Å². The first-order valence-corrected chi connectivity index (χ1v) is 10.0. The number of aromatic nitrogens is 1. The van der Waals surface area contributed by atoms with Crippen molar-refractivity contribution in [1.82, 2.24) is 10.5 Å². The van der Waals surface area contributed by atoms with Gasteiger partial charge in [0.25, 0.3) is 0 Å². The van der Waals surface area contributed by atoms with Gasteiger partial charge in [0, 0.05) is 22.7 Å². The molecule has 0 radical (unpaired) electrons. The van der Waals surface area contributed by atoms with Crippen LogP contribution in [-0.2, 0) is 4.79 Å². The van der Waals surface area contributed by atoms with Crippen molar-refractivity contribution in [3.05, 3.63) is 75.6 Å². The minimum absolute atomic E-state index is 0.116. The molecule has 0 fully saturated rings. The van der Waals surface area contributed by atoms with Crippen LogP contribution in [0, 0.1) is 18.3 Å². The third-order valence-electron chi connectivity index (χ3n) is 5.02. The van der Waals surface area contributed by atoms with E-state index in [9.17, 15) is 4.79 Å². The van der Waals surface area contributed by atoms with Gasteiger partial charge in [-0.3, -0.25) is 9.79 Å². The predicted molar refractivity (Wildman–Crippen MR) is 115 cm³/mol. The Morgan fingerprint density at radius 2 is 2.00 bits per heavy atom. The largest absolute Gasteiger partial charge is 0.358 e. The summed E-state index contributed by atoms with van der Waals surface area (Å²) in [5, 5.41) is 16.7. The lowest BCUT2D eigenvalue weighted by Crippen LogP contribution is -2.24. The predicted octanol–water partition coefficient (Wildman–Crippen LogP) is 4.59. The number of nitriles is 1. The highest BCUT2D eigenvalue weighted by Gasteiger charge is 2.31. The summed E-state index contributed by atoms with van der Waals surface area (Å²) in [6.45, 7) is 4.28. The van der Waals surface area contributed by atoms with E-state index < -0.39 is 6.04 Å². The van der Waals surface area contributed by atoms with Crippen molar-refractivity contribution in [2.75, 3.05) is 6.54 Å². The van der Waals surface area contributed by atoms with Gasteiger partial charge in [0.05, 0.1) is 35.0 Å². The number of nitrogens with zero attached hydrogens (tertiary/aromatic N) is 3. The van der Waals surface area contributed by atoms with Gasteiger partial charge in [-0.25, -0.2) is 0 Å². The van der Waals surface area contributed by atoms with Crippen molar-refractivity contribution in [2.45, 2.75) is 26.3 Å². The van der Waals surface area contributed by atoms with E-state index in [1.165, 1.54) is 0 Å². The summed E-state index contributed by atoms with van der Waals surface area (Å²) in [5.74, 6) is 0.445. The Kier molecular flexibility index (Phi) is 5.39. The molecule has 2 aromatic carbocycles. The number of amides is 1. The molecule has 0 bridgehead atoms. The molecule has 1 aliphatic rings. The topological polar surface area (TPSA) is 91.3 Å². The number of rotatable bonds is 4. The van der Waals surface area contributed by atoms with E-state index in [1.807, 2.05) is 44.2 Å². The summed E-state index contributed by atoms with van der Waals surface area (Å²) in [6.07, 6.45) is 0.136. The number of carbonyl (C=O) groups excluding carboxylic acids is 1. The molecule has 0 saturated heterocycles. The van der Waals surface area contributed by atoms with Crippen molar-refractivity contribution in [1.29, 1.82) is 5.26 Å². The molecule has 150 valence electrons. The number of halogens is 1. The molecule has 0 saturated carbocycles. The highest BCUT2D eigenvalue weighted by molar-refractivity contribution is 6.31. The highest BCUT2D eigenvalue weighted by Crippen LogP contribution is 2.41. The van der Waals surface area contributed by atoms with E-state index in [0.717, 1.165) is 27.9 Å². The van der Waals surface area contributed by atoms with Crippen LogP contribution in [0.1, 0.15) is 47.5 Å². The Morgan fingerprint density at radius 3 is 2.70 bits per heavy atom. The Hall–Kier alpha value is -3.43. The Labute approximate surface area is 179 Å². The molecule has 30 heavy (non-hydrogen) atoms. The lowest BCUT2D eigenvalue weighted by atomic mass is 9.92. The number of aliphatic imine (C=N–C) groups is 1. The smallest absolute Gasteiger partial charge is 0.222 e. The maximum absolute atomic E-state index is 12.4. The maximum atomic E-state index is 12.4. The van der Waals surface area contributed by atoms with E-state index >= 15 is 0 Å². The van der Waals surface area contributed by atoms with E-state index in [-0.39, 0.29) is 12.3 Å². The van der Waals surface area contributed by atoms with Crippen molar-refractivity contribution in [3.8, 4) is 17.2 Å². The summed E-state index contributed by atoms with van der Waals surface area (Å²) >= 11 is 6.33. The summed E-state index contributed by atoms with van der Waals surface area (Å²) in [5.41, 5.74) is 5.37. The van der Waals surface area contributed by atoms with Gasteiger partial charge in [-0.2, -0.15) is 5.26 Å². The molecule has 1 amide bonds. The van der Waals surface area contributed by atoms with Gasteiger partial charge in [0.1, 0.15) is 6.04 Å². The van der Waals surface area contributed by atoms with Gasteiger partial charge >= 0.3 is 0 Å². The average molecular weight is 419 g/mol. The van der Waals surface area contributed by atoms with E-state index in [1.54, 1.807) is 12.1 Å². The molecule has 1 atom stereocenters. The van der Waals surface area contributed by atoms with Crippen LogP contribution in [0.25, 0.3) is 11.1 Å². The van der Waals surface area contributed by atoms with Gasteiger partial charge < -0.3 is 9.84 Å². The van der Waals surface area contributed by atoms with Crippen molar-refractivity contribution < 1.29 is 9.32 Å². The number of hydrogen-bond donors (Lipinski definition) is 1. The number of nitrogens with one attached hydrogen (secondary N) is 1. The second kappa shape index (κ2) is 8.13. The number of hydrogen-bond acceptors (Lipinski definition) is 5. The lowest BCUT2D eigenvalue weighted by Gasteiger charge is -2.12. The zero-order valence-electron chi connectivity index (χ0n) is 16.6. The van der Waals surface area contributed by atoms with Crippen LogP contribution in [0.3, 0.4) is 0 Å². The van der Waals surface area contributed by atoms with Crippen molar-refractivity contribution >= 4 is 23.2 Å². The molecule has 4 rings (SSSR count). The second-order valence-corrected chi connectivity index (χ2v) is 7.47. The molecule has 7 heteroatoms. The minimum atomic E-state index is -0.537. The summed E-state index contributed by atoms with van der Waals surface area (Å²) in [6, 6.07) is 14.4. The fourth-order valence-corrected chi connectivity index (χ4v) is 3.84. The molecular weight excluding hydrogens is 400 g/mol. The molecule has 1 aliphatic heterocycles. The molecule has 2 heterocycles. The molecule has 3 aromatic rings. The Bertz CT molecular complexity index is 1190. The fourth-order valence-electron chi connectivity index (χ4n) is 3.67.